The third kappa shape index (κ3) is 1.36. The number of benzene rings is 1. The van der Waals surface area contributed by atoms with Crippen LogP contribution in [0, 0.1) is 6.92 Å². The second-order valence-corrected chi connectivity index (χ2v) is 2.83. The van der Waals surface area contributed by atoms with Gasteiger partial charge in [0, 0.05) is 16.3 Å². The highest BCUT2D eigenvalue weighted by Gasteiger charge is 2.05. The van der Waals surface area contributed by atoms with Crippen molar-refractivity contribution in [3.8, 4) is 0 Å². The maximum atomic E-state index is 10.5. The highest BCUT2D eigenvalue weighted by atomic mass is 35.5. The highest BCUT2D eigenvalue weighted by Crippen LogP contribution is 2.24. The third-order valence-electron chi connectivity index (χ3n) is 1.67. The Morgan fingerprint density at radius 1 is 1.58 bits per heavy atom. The fraction of sp³-hybridized carbons (Fsp3) is 0.125. The molecule has 0 amide bonds. The minimum absolute atomic E-state index is 0.0168. The van der Waals surface area contributed by atoms with E-state index in [1.807, 2.05) is 0 Å². The van der Waals surface area contributed by atoms with Gasteiger partial charge in [-0.3, -0.25) is 0 Å². The molecule has 64 valence electrons. The summed E-state index contributed by atoms with van der Waals surface area (Å²) in [7, 11) is 0. The topological polar surface area (TPSA) is 66.1 Å². The van der Waals surface area contributed by atoms with Gasteiger partial charge in [-0.1, -0.05) is 11.6 Å². The first-order valence-corrected chi connectivity index (χ1v) is 3.67. The molecule has 1 aromatic carbocycles. The Kier molecular flexibility index (Phi) is 2.24. The van der Waals surface area contributed by atoms with Gasteiger partial charge in [0.1, 0.15) is 0 Å². The zero-order chi connectivity index (χ0) is 9.30. The summed E-state index contributed by atoms with van der Waals surface area (Å²) in [5.41, 5.74) is 6.20. The number of nitrogen functional groups attached to an aromatic ring is 1. The molecule has 2 N–H and O–H groups in total. The SMILES string of the molecule is Cc1c(Cl)ccc(C(=O)[O-])c1N. The lowest BCUT2D eigenvalue weighted by molar-refractivity contribution is -0.254. The van der Waals surface area contributed by atoms with Gasteiger partial charge >= 0.3 is 0 Å². The molecule has 0 spiro atoms. The summed E-state index contributed by atoms with van der Waals surface area (Å²) in [4.78, 5) is 10.5. The maximum Gasteiger partial charge on any atom is 0.0736 e. The Morgan fingerprint density at radius 2 is 2.17 bits per heavy atom. The third-order valence-corrected chi connectivity index (χ3v) is 2.08. The second kappa shape index (κ2) is 3.03. The molecule has 0 saturated carbocycles. The normalized spacial score (nSPS) is 9.83. The van der Waals surface area contributed by atoms with E-state index in [9.17, 15) is 9.90 Å². The summed E-state index contributed by atoms with van der Waals surface area (Å²) >= 11 is 5.70. The molecular formula is C8H7ClNO2-. The molecule has 0 fully saturated rings. The monoisotopic (exact) mass is 184 g/mol. The van der Waals surface area contributed by atoms with Crippen molar-refractivity contribution in [2.75, 3.05) is 5.73 Å². The summed E-state index contributed by atoms with van der Waals surface area (Å²) in [5.74, 6) is -1.28. The van der Waals surface area contributed by atoms with E-state index in [4.69, 9.17) is 17.3 Å². The summed E-state index contributed by atoms with van der Waals surface area (Å²) in [6, 6.07) is 2.82. The van der Waals surface area contributed by atoms with Crippen molar-refractivity contribution in [2.45, 2.75) is 6.92 Å². The van der Waals surface area contributed by atoms with Crippen LogP contribution in [0.1, 0.15) is 15.9 Å². The van der Waals surface area contributed by atoms with Gasteiger partial charge in [-0.25, -0.2) is 0 Å². The molecule has 4 heteroatoms. The Labute approximate surface area is 74.8 Å². The zero-order valence-electron chi connectivity index (χ0n) is 6.43. The van der Waals surface area contributed by atoms with Crippen LogP contribution in [-0.4, -0.2) is 5.97 Å². The first kappa shape index (κ1) is 8.87. The summed E-state index contributed by atoms with van der Waals surface area (Å²) in [6.45, 7) is 1.66. The van der Waals surface area contributed by atoms with Crippen LogP contribution in [0.2, 0.25) is 5.02 Å². The largest absolute Gasteiger partial charge is 0.545 e. The number of halogens is 1. The molecule has 0 aliphatic rings. The van der Waals surface area contributed by atoms with Crippen LogP contribution in [0.25, 0.3) is 0 Å². The van der Waals surface area contributed by atoms with Crippen LogP contribution in [0.5, 0.6) is 0 Å². The molecule has 0 saturated heterocycles. The fourth-order valence-electron chi connectivity index (χ4n) is 0.880. The minimum Gasteiger partial charge on any atom is -0.545 e. The molecule has 0 atom stereocenters. The lowest BCUT2D eigenvalue weighted by Crippen LogP contribution is -2.23. The van der Waals surface area contributed by atoms with Crippen molar-refractivity contribution in [3.05, 3.63) is 28.3 Å². The quantitative estimate of drug-likeness (QED) is 0.650. The molecule has 1 rings (SSSR count). The summed E-state index contributed by atoms with van der Waals surface area (Å²) in [6.07, 6.45) is 0. The lowest BCUT2D eigenvalue weighted by atomic mass is 10.1. The molecule has 1 aromatic rings. The molecule has 0 heterocycles. The van der Waals surface area contributed by atoms with Gasteiger partial charge in [0.05, 0.1) is 5.97 Å². The van der Waals surface area contributed by atoms with Crippen molar-refractivity contribution in [1.29, 1.82) is 0 Å². The van der Waals surface area contributed by atoms with E-state index < -0.39 is 5.97 Å². The second-order valence-electron chi connectivity index (χ2n) is 2.42. The van der Waals surface area contributed by atoms with Crippen molar-refractivity contribution in [3.63, 3.8) is 0 Å². The Balaban J connectivity index is 3.36. The Morgan fingerprint density at radius 3 is 2.67 bits per heavy atom. The summed E-state index contributed by atoms with van der Waals surface area (Å²) in [5, 5.41) is 10.9. The Hall–Kier alpha value is -1.22. The van der Waals surface area contributed by atoms with Gasteiger partial charge in [-0.05, 0) is 24.6 Å². The average molecular weight is 185 g/mol. The predicted molar refractivity (Wildman–Crippen MR) is 44.9 cm³/mol. The molecule has 0 unspecified atom stereocenters. The van der Waals surface area contributed by atoms with E-state index >= 15 is 0 Å². The van der Waals surface area contributed by atoms with E-state index in [1.165, 1.54) is 12.1 Å². The molecule has 12 heavy (non-hydrogen) atoms. The Bertz CT molecular complexity index is 336. The van der Waals surface area contributed by atoms with E-state index in [-0.39, 0.29) is 11.3 Å². The van der Waals surface area contributed by atoms with Gasteiger partial charge in [-0.15, -0.1) is 0 Å². The molecule has 0 aliphatic carbocycles. The van der Waals surface area contributed by atoms with E-state index in [0.29, 0.717) is 10.6 Å². The number of carbonyl (C=O) groups is 1. The van der Waals surface area contributed by atoms with Gasteiger partial charge in [0.25, 0.3) is 0 Å². The smallest absolute Gasteiger partial charge is 0.0736 e. The number of rotatable bonds is 1. The molecule has 3 nitrogen and oxygen atoms in total. The number of aromatic carboxylic acids is 1. The molecule has 0 bridgehead atoms. The van der Waals surface area contributed by atoms with Crippen LogP contribution in [0.4, 0.5) is 5.69 Å². The van der Waals surface area contributed by atoms with Crippen LogP contribution < -0.4 is 10.8 Å². The number of carbonyl (C=O) groups excluding carboxylic acids is 1. The standard InChI is InChI=1S/C8H8ClNO2/c1-4-6(9)3-2-5(7(4)10)8(11)12/h2-3H,10H2,1H3,(H,11,12)/p-1. The average Bonchev–Trinajstić information content (AvgIpc) is 2.00. The van der Waals surface area contributed by atoms with E-state index in [2.05, 4.69) is 0 Å². The number of nitrogens with two attached hydrogens (primary N) is 1. The van der Waals surface area contributed by atoms with Crippen molar-refractivity contribution in [2.24, 2.45) is 0 Å². The van der Waals surface area contributed by atoms with Gasteiger partial charge < -0.3 is 15.6 Å². The molecule has 0 aliphatic heterocycles. The number of carboxylic acids is 1. The first-order chi connectivity index (χ1) is 5.54. The van der Waals surface area contributed by atoms with Crippen molar-refractivity contribution < 1.29 is 9.90 Å². The number of hydrogen-bond acceptors (Lipinski definition) is 3. The molecule has 0 aromatic heterocycles. The minimum atomic E-state index is -1.28. The number of carboxylic acid groups (broad SMARTS) is 1. The van der Waals surface area contributed by atoms with Crippen molar-refractivity contribution in [1.82, 2.24) is 0 Å². The maximum absolute atomic E-state index is 10.5. The number of anilines is 1. The molecule has 0 radical (unpaired) electrons. The molecular weight excluding hydrogens is 178 g/mol. The van der Waals surface area contributed by atoms with Crippen LogP contribution in [0.15, 0.2) is 12.1 Å². The lowest BCUT2D eigenvalue weighted by Gasteiger charge is -2.09. The van der Waals surface area contributed by atoms with Crippen LogP contribution >= 0.6 is 11.6 Å². The van der Waals surface area contributed by atoms with Crippen molar-refractivity contribution >= 4 is 23.3 Å². The van der Waals surface area contributed by atoms with Crippen LogP contribution in [0.3, 0.4) is 0 Å². The number of hydrogen-bond donors (Lipinski definition) is 1. The van der Waals surface area contributed by atoms with Gasteiger partial charge in [-0.2, -0.15) is 0 Å². The van der Waals surface area contributed by atoms with E-state index in [1.54, 1.807) is 6.92 Å². The zero-order valence-corrected chi connectivity index (χ0v) is 7.18. The van der Waals surface area contributed by atoms with Gasteiger partial charge in [0.2, 0.25) is 0 Å². The van der Waals surface area contributed by atoms with Crippen LogP contribution in [-0.2, 0) is 0 Å². The highest BCUT2D eigenvalue weighted by molar-refractivity contribution is 6.31. The van der Waals surface area contributed by atoms with Gasteiger partial charge in [0.15, 0.2) is 0 Å². The predicted octanol–water partition coefficient (Wildman–Crippen LogP) is 0.594. The summed E-state index contributed by atoms with van der Waals surface area (Å²) < 4.78 is 0. The van der Waals surface area contributed by atoms with E-state index in [0.717, 1.165) is 0 Å². The fourth-order valence-corrected chi connectivity index (χ4v) is 1.04. The first-order valence-electron chi connectivity index (χ1n) is 3.30.